The van der Waals surface area contributed by atoms with E-state index >= 15 is 0 Å². The summed E-state index contributed by atoms with van der Waals surface area (Å²) in [4.78, 5) is 20.3. The van der Waals surface area contributed by atoms with E-state index in [4.69, 9.17) is 34.0 Å². The normalized spacial score (nSPS) is 16.4. The second kappa shape index (κ2) is 13.5. The van der Waals surface area contributed by atoms with E-state index in [0.29, 0.717) is 13.4 Å². The van der Waals surface area contributed by atoms with E-state index < -0.39 is 24.3 Å². The highest BCUT2D eigenvalue weighted by Crippen LogP contribution is 2.35. The average Bonchev–Trinajstić information content (AvgIpc) is 3.49. The number of benzene rings is 1. The second-order valence-electron chi connectivity index (χ2n) is 8.06. The Hall–Kier alpha value is -3.53. The Bertz CT molecular complexity index is 1080. The minimum absolute atomic E-state index is 0.233. The lowest BCUT2D eigenvalue weighted by atomic mass is 9.99. The molecule has 0 saturated heterocycles. The molecule has 2 aromatic rings. The third-order valence-electron chi connectivity index (χ3n) is 5.47. The van der Waals surface area contributed by atoms with Crippen LogP contribution in [-0.4, -0.2) is 75.7 Å². The number of carbonyl (C=O) groups is 2. The molecule has 0 aliphatic carbocycles. The number of halogens is 6. The molecular formula is C23H27F6N3O7. The van der Waals surface area contributed by atoms with Gasteiger partial charge in [0.1, 0.15) is 0 Å². The first-order valence-corrected chi connectivity index (χ1v) is 11.5. The lowest BCUT2D eigenvalue weighted by molar-refractivity contribution is -0.193. The van der Waals surface area contributed by atoms with Crippen LogP contribution in [0.1, 0.15) is 36.7 Å². The molecular weight excluding hydrogens is 544 g/mol. The summed E-state index contributed by atoms with van der Waals surface area (Å²) in [6.45, 7) is 8.68. The number of hydrogen-bond acceptors (Lipinski definition) is 7. The maximum atomic E-state index is 10.6. The lowest BCUT2D eigenvalue weighted by Gasteiger charge is -2.36. The fraction of sp³-hybridized carbons (Fsp3) is 0.522. The van der Waals surface area contributed by atoms with Crippen molar-refractivity contribution in [3.8, 4) is 11.5 Å². The van der Waals surface area contributed by atoms with Gasteiger partial charge in [-0.05, 0) is 43.5 Å². The number of nitrogens with zero attached hydrogens (tertiary/aromatic N) is 3. The number of fused-ring (bicyclic) bond motifs is 2. The average molecular weight is 571 g/mol. The van der Waals surface area contributed by atoms with Crippen molar-refractivity contribution in [2.75, 3.05) is 26.6 Å². The molecule has 218 valence electrons. The molecule has 1 unspecified atom stereocenters. The molecule has 1 aromatic heterocycles. The summed E-state index contributed by atoms with van der Waals surface area (Å²) >= 11 is 0. The van der Waals surface area contributed by atoms with Gasteiger partial charge < -0.3 is 24.4 Å². The summed E-state index contributed by atoms with van der Waals surface area (Å²) in [5, 5.41) is 18.8. The molecule has 4 rings (SSSR count). The lowest BCUT2D eigenvalue weighted by Crippen LogP contribution is -2.38. The predicted octanol–water partition coefficient (Wildman–Crippen LogP) is 4.03. The van der Waals surface area contributed by atoms with Gasteiger partial charge in [0.05, 0.1) is 24.5 Å². The van der Waals surface area contributed by atoms with Crippen molar-refractivity contribution in [1.82, 2.24) is 14.7 Å². The Balaban J connectivity index is 0.000000317. The summed E-state index contributed by atoms with van der Waals surface area (Å²) in [7, 11) is 0. The second-order valence-corrected chi connectivity index (χ2v) is 8.06. The summed E-state index contributed by atoms with van der Waals surface area (Å²) in [6.07, 6.45) is -7.11. The predicted molar refractivity (Wildman–Crippen MR) is 121 cm³/mol. The molecule has 16 heteroatoms. The fourth-order valence-electron chi connectivity index (χ4n) is 3.73. The van der Waals surface area contributed by atoms with Crippen molar-refractivity contribution >= 4 is 11.9 Å². The van der Waals surface area contributed by atoms with Gasteiger partial charge in [-0.3, -0.25) is 9.58 Å². The molecule has 0 saturated carbocycles. The molecule has 0 bridgehead atoms. The largest absolute Gasteiger partial charge is 0.490 e. The highest BCUT2D eigenvalue weighted by atomic mass is 19.4. The summed E-state index contributed by atoms with van der Waals surface area (Å²) in [5.41, 5.74) is 3.90. The number of hydrogen-bond donors (Lipinski definition) is 2. The number of aryl methyl sites for hydroxylation is 1. The van der Waals surface area contributed by atoms with Crippen LogP contribution in [0.4, 0.5) is 26.3 Å². The van der Waals surface area contributed by atoms with Crippen LogP contribution in [0.25, 0.3) is 0 Å². The number of carboxylic acid groups (broad SMARTS) is 2. The third kappa shape index (κ3) is 9.02. The van der Waals surface area contributed by atoms with E-state index in [-0.39, 0.29) is 6.04 Å². The van der Waals surface area contributed by atoms with Crippen LogP contribution in [-0.2, 0) is 33.8 Å². The van der Waals surface area contributed by atoms with Crippen molar-refractivity contribution in [3.63, 3.8) is 0 Å². The van der Waals surface area contributed by atoms with E-state index in [0.717, 1.165) is 44.2 Å². The van der Waals surface area contributed by atoms with Crippen LogP contribution >= 0.6 is 0 Å². The van der Waals surface area contributed by atoms with E-state index in [1.54, 1.807) is 0 Å². The Morgan fingerprint density at radius 3 is 2.18 bits per heavy atom. The molecule has 1 aromatic carbocycles. The van der Waals surface area contributed by atoms with Crippen LogP contribution in [0.2, 0.25) is 0 Å². The van der Waals surface area contributed by atoms with E-state index in [1.807, 2.05) is 19.2 Å². The number of ether oxygens (including phenoxy) is 3. The van der Waals surface area contributed by atoms with Crippen molar-refractivity contribution in [2.45, 2.75) is 51.8 Å². The molecule has 0 spiro atoms. The Morgan fingerprint density at radius 2 is 1.64 bits per heavy atom. The fourth-order valence-corrected chi connectivity index (χ4v) is 3.73. The minimum Gasteiger partial charge on any atom is -0.475 e. The van der Waals surface area contributed by atoms with Gasteiger partial charge in [0.15, 0.2) is 11.5 Å². The maximum Gasteiger partial charge on any atom is 0.490 e. The SMILES string of the molecule is CCOCC1c2c(cnn2CC)CCN1Cc1ccc2c(c1)OCO2.O=C(O)C(F)(F)F.O=C(O)C(F)(F)F. The van der Waals surface area contributed by atoms with E-state index in [1.165, 1.54) is 16.8 Å². The summed E-state index contributed by atoms with van der Waals surface area (Å²) in [5.74, 6) is -3.84. The quantitative estimate of drug-likeness (QED) is 0.495. The number of aliphatic carboxylic acids is 2. The van der Waals surface area contributed by atoms with E-state index in [2.05, 4.69) is 33.7 Å². The highest BCUT2D eigenvalue weighted by molar-refractivity contribution is 5.73. The smallest absolute Gasteiger partial charge is 0.475 e. The highest BCUT2D eigenvalue weighted by Gasteiger charge is 2.39. The molecule has 3 heterocycles. The molecule has 10 nitrogen and oxygen atoms in total. The van der Waals surface area contributed by atoms with Gasteiger partial charge in [0.2, 0.25) is 6.79 Å². The molecule has 39 heavy (non-hydrogen) atoms. The van der Waals surface area contributed by atoms with Crippen LogP contribution < -0.4 is 9.47 Å². The zero-order chi connectivity index (χ0) is 29.4. The summed E-state index contributed by atoms with van der Waals surface area (Å²) in [6, 6.07) is 6.45. The first-order chi connectivity index (χ1) is 18.2. The van der Waals surface area contributed by atoms with Crippen LogP contribution in [0.3, 0.4) is 0 Å². The van der Waals surface area contributed by atoms with Crippen LogP contribution in [0.5, 0.6) is 11.5 Å². The third-order valence-corrected chi connectivity index (χ3v) is 5.47. The monoisotopic (exact) mass is 571 g/mol. The molecule has 0 amide bonds. The summed E-state index contributed by atoms with van der Waals surface area (Å²) < 4.78 is 82.3. The van der Waals surface area contributed by atoms with Crippen LogP contribution in [0, 0.1) is 0 Å². The van der Waals surface area contributed by atoms with Gasteiger partial charge in [-0.1, -0.05) is 6.07 Å². The van der Waals surface area contributed by atoms with Gasteiger partial charge in [-0.15, -0.1) is 0 Å². The number of rotatable bonds is 6. The molecule has 2 N–H and O–H groups in total. The maximum absolute atomic E-state index is 10.6. The van der Waals surface area contributed by atoms with Gasteiger partial charge in [-0.25, -0.2) is 9.59 Å². The zero-order valence-corrected chi connectivity index (χ0v) is 20.9. The van der Waals surface area contributed by atoms with E-state index in [9.17, 15) is 26.3 Å². The van der Waals surface area contributed by atoms with Gasteiger partial charge in [0.25, 0.3) is 0 Å². The standard InChI is InChI=1S/C19H25N3O3.2C2HF3O2/c1-3-22-19-15(10-20-22)7-8-21(16(19)12-23-4-2)11-14-5-6-17-18(9-14)25-13-24-17;2*3-2(4,5)1(6)7/h5-6,9-10,16H,3-4,7-8,11-13H2,1-2H3;2*(H,6,7). The van der Waals surface area contributed by atoms with Gasteiger partial charge in [0, 0.05) is 26.2 Å². The number of carboxylic acids is 2. The van der Waals surface area contributed by atoms with Gasteiger partial charge in [-0.2, -0.15) is 31.4 Å². The van der Waals surface area contributed by atoms with Crippen molar-refractivity contribution < 1.29 is 60.4 Å². The zero-order valence-electron chi connectivity index (χ0n) is 20.9. The molecule has 2 aliphatic heterocycles. The Kier molecular flexibility index (Phi) is 11.0. The molecule has 0 radical (unpaired) electrons. The van der Waals surface area contributed by atoms with Crippen molar-refractivity contribution in [2.24, 2.45) is 0 Å². The minimum atomic E-state index is -5.08. The number of aromatic nitrogens is 2. The Labute approximate surface area is 218 Å². The van der Waals surface area contributed by atoms with Crippen molar-refractivity contribution in [1.29, 1.82) is 0 Å². The van der Waals surface area contributed by atoms with Crippen molar-refractivity contribution in [3.05, 3.63) is 41.2 Å². The topological polar surface area (TPSA) is 123 Å². The number of alkyl halides is 6. The van der Waals surface area contributed by atoms with Crippen LogP contribution in [0.15, 0.2) is 24.4 Å². The Morgan fingerprint density at radius 1 is 1.05 bits per heavy atom. The van der Waals surface area contributed by atoms with Gasteiger partial charge >= 0.3 is 24.3 Å². The molecule has 1 atom stereocenters. The first-order valence-electron chi connectivity index (χ1n) is 11.5. The molecule has 2 aliphatic rings. The molecule has 0 fully saturated rings. The first kappa shape index (κ1) is 31.7.